The molecular weight excluding hydrogens is 128 g/mol. The molecule has 1 rings (SSSR count). The fourth-order valence-electron chi connectivity index (χ4n) is 0.376. The summed E-state index contributed by atoms with van der Waals surface area (Å²) < 4.78 is 0. The molecule has 2 N–H and O–H groups in total. The number of anilines is 1. The van der Waals surface area contributed by atoms with Crippen LogP contribution in [0.1, 0.15) is 0 Å². The molecule has 0 aromatic carbocycles. The van der Waals surface area contributed by atoms with Gasteiger partial charge in [-0.25, -0.2) is 4.98 Å². The molecule has 0 atom stereocenters. The molecule has 0 aliphatic heterocycles. The Bertz CT molecular complexity index is 140. The molecule has 1 heterocycles. The fourth-order valence-corrected chi connectivity index (χ4v) is 0.376. The van der Waals surface area contributed by atoms with Gasteiger partial charge in [-0.15, -0.1) is 0 Å². The Balaban J connectivity index is 0.000000490. The van der Waals surface area contributed by atoms with E-state index in [1.807, 2.05) is 12.1 Å². The van der Waals surface area contributed by atoms with Crippen molar-refractivity contribution in [2.45, 2.75) is 0 Å². The fraction of sp³-hybridized carbons (Fsp3) is 0. The van der Waals surface area contributed by atoms with E-state index >= 15 is 0 Å². The Labute approximate surface area is 78.1 Å². The molecule has 0 saturated heterocycles. The van der Waals surface area contributed by atoms with E-state index in [0.29, 0.717) is 5.82 Å². The molecule has 0 unspecified atom stereocenters. The summed E-state index contributed by atoms with van der Waals surface area (Å²) in [5.41, 5.74) is 5.25. The van der Waals surface area contributed by atoms with Crippen molar-refractivity contribution in [3.8, 4) is 0 Å². The maximum atomic E-state index is 5.25. The summed E-state index contributed by atoms with van der Waals surface area (Å²) in [5, 5.41) is 0. The summed E-state index contributed by atoms with van der Waals surface area (Å²) in [6.45, 7) is 0. The van der Waals surface area contributed by atoms with Crippen LogP contribution >= 0.6 is 0 Å². The first kappa shape index (κ1) is 8.21. The SMILES string of the molecule is Nc1ccccn1.[Ar]. The molecule has 0 radical (unpaired) electrons. The Hall–Kier alpha value is 0.210. The second-order valence-corrected chi connectivity index (χ2v) is 1.25. The van der Waals surface area contributed by atoms with Crippen molar-refractivity contribution in [3.63, 3.8) is 0 Å². The molecule has 0 saturated carbocycles. The molecule has 2 nitrogen and oxygen atoms in total. The van der Waals surface area contributed by atoms with Crippen LogP contribution < -0.4 is 5.73 Å². The zero-order valence-electron chi connectivity index (χ0n) is 4.19. The van der Waals surface area contributed by atoms with Gasteiger partial charge in [-0.3, -0.25) is 0 Å². The third-order valence-electron chi connectivity index (χ3n) is 0.688. The monoisotopic (exact) mass is 134 g/mol. The van der Waals surface area contributed by atoms with Crippen LogP contribution in [0, 0.1) is 37.7 Å². The average molecular weight is 134 g/mol. The van der Waals surface area contributed by atoms with Crippen LogP contribution in [0.2, 0.25) is 0 Å². The maximum Gasteiger partial charge on any atom is 0.123 e. The van der Waals surface area contributed by atoms with Crippen LogP contribution in [-0.2, 0) is 0 Å². The maximum absolute atomic E-state index is 5.25. The molecule has 0 bridgehead atoms. The van der Waals surface area contributed by atoms with Crippen molar-refractivity contribution < 1.29 is 37.7 Å². The summed E-state index contributed by atoms with van der Waals surface area (Å²) in [6.07, 6.45) is 1.66. The Kier molecular flexibility index (Phi) is 4.23. The molecule has 0 fully saturated rings. The van der Waals surface area contributed by atoms with Gasteiger partial charge < -0.3 is 5.73 Å². The molecule has 0 amide bonds. The van der Waals surface area contributed by atoms with Crippen LogP contribution in [0.5, 0.6) is 0 Å². The van der Waals surface area contributed by atoms with E-state index in [2.05, 4.69) is 4.98 Å². The van der Waals surface area contributed by atoms with E-state index in [1.54, 1.807) is 12.3 Å². The van der Waals surface area contributed by atoms with Crippen LogP contribution in [0.15, 0.2) is 24.4 Å². The Morgan fingerprint density at radius 1 is 1.38 bits per heavy atom. The number of nitrogens with zero attached hydrogens (tertiary/aromatic N) is 1. The van der Waals surface area contributed by atoms with Crippen molar-refractivity contribution in [1.29, 1.82) is 0 Å². The standard InChI is InChI=1S/C5H6N2.Ar/c6-5-3-1-2-4-7-5;/h1-4H,(H2,6,7);. The molecule has 1 aromatic rings. The van der Waals surface area contributed by atoms with Gasteiger partial charge in [0.05, 0.1) is 0 Å². The van der Waals surface area contributed by atoms with Crippen molar-refractivity contribution >= 4 is 5.82 Å². The van der Waals surface area contributed by atoms with E-state index in [-0.39, 0.29) is 37.7 Å². The third-order valence-corrected chi connectivity index (χ3v) is 0.688. The van der Waals surface area contributed by atoms with Gasteiger partial charge in [0.1, 0.15) is 5.82 Å². The zero-order chi connectivity index (χ0) is 5.11. The Morgan fingerprint density at radius 3 is 2.38 bits per heavy atom. The van der Waals surface area contributed by atoms with Crippen LogP contribution in [0.4, 0.5) is 5.82 Å². The number of nitrogens with two attached hydrogens (primary N) is 1. The number of nitrogen functional groups attached to an aromatic ring is 1. The number of hydrogen-bond donors (Lipinski definition) is 1. The van der Waals surface area contributed by atoms with E-state index in [4.69, 9.17) is 5.73 Å². The van der Waals surface area contributed by atoms with E-state index in [1.165, 1.54) is 0 Å². The first-order valence-electron chi connectivity index (χ1n) is 2.06. The van der Waals surface area contributed by atoms with E-state index in [0.717, 1.165) is 0 Å². The molecule has 0 aliphatic rings. The molecule has 0 aliphatic carbocycles. The number of pyridine rings is 1. The molecule has 44 valence electrons. The van der Waals surface area contributed by atoms with Crippen molar-refractivity contribution in [2.24, 2.45) is 0 Å². The van der Waals surface area contributed by atoms with Gasteiger partial charge in [0.25, 0.3) is 0 Å². The molecular formula is C5H6ArN2. The molecule has 1 aromatic heterocycles. The normalized spacial score (nSPS) is 7.50. The van der Waals surface area contributed by atoms with Gasteiger partial charge >= 0.3 is 0 Å². The smallest absolute Gasteiger partial charge is 0.123 e. The van der Waals surface area contributed by atoms with Gasteiger partial charge in [-0.2, -0.15) is 0 Å². The van der Waals surface area contributed by atoms with Gasteiger partial charge in [0, 0.05) is 43.9 Å². The van der Waals surface area contributed by atoms with Crippen LogP contribution in [0.3, 0.4) is 0 Å². The average Bonchev–Trinajstić information content (AvgIpc) is 1.69. The van der Waals surface area contributed by atoms with Crippen molar-refractivity contribution in [3.05, 3.63) is 24.4 Å². The van der Waals surface area contributed by atoms with E-state index < -0.39 is 0 Å². The minimum atomic E-state index is 0. The van der Waals surface area contributed by atoms with Crippen LogP contribution in [0.25, 0.3) is 0 Å². The quantitative estimate of drug-likeness (QED) is 0.566. The predicted molar refractivity (Wildman–Crippen MR) is 28.6 cm³/mol. The van der Waals surface area contributed by atoms with Crippen LogP contribution in [-0.4, -0.2) is 4.98 Å². The van der Waals surface area contributed by atoms with Gasteiger partial charge in [-0.1, -0.05) is 6.07 Å². The van der Waals surface area contributed by atoms with Crippen molar-refractivity contribution in [1.82, 2.24) is 4.98 Å². The predicted octanol–water partition coefficient (Wildman–Crippen LogP) is 0.664. The topological polar surface area (TPSA) is 38.9 Å². The third kappa shape index (κ3) is 2.50. The number of hydrogen-bond acceptors (Lipinski definition) is 2. The molecule has 8 heavy (non-hydrogen) atoms. The summed E-state index contributed by atoms with van der Waals surface area (Å²) in [4.78, 5) is 3.76. The van der Waals surface area contributed by atoms with E-state index in [9.17, 15) is 0 Å². The summed E-state index contributed by atoms with van der Waals surface area (Å²) in [5.74, 6) is 0.572. The molecule has 0 spiro atoms. The molecule has 3 heteroatoms. The first-order chi connectivity index (χ1) is 3.39. The Morgan fingerprint density at radius 2 is 2.12 bits per heavy atom. The second kappa shape index (κ2) is 4.12. The largest absolute Gasteiger partial charge is 0.384 e. The number of rotatable bonds is 0. The summed E-state index contributed by atoms with van der Waals surface area (Å²) in [7, 11) is 0. The van der Waals surface area contributed by atoms with Crippen molar-refractivity contribution in [2.75, 3.05) is 5.73 Å². The minimum Gasteiger partial charge on any atom is -0.384 e. The number of aromatic nitrogens is 1. The summed E-state index contributed by atoms with van der Waals surface area (Å²) >= 11 is 0. The second-order valence-electron chi connectivity index (χ2n) is 1.25. The van der Waals surface area contributed by atoms with Gasteiger partial charge in [0.15, 0.2) is 0 Å². The van der Waals surface area contributed by atoms with Gasteiger partial charge in [0.2, 0.25) is 0 Å². The zero-order valence-corrected chi connectivity index (χ0v) is 4.89. The minimum absolute atomic E-state index is 0. The summed E-state index contributed by atoms with van der Waals surface area (Å²) in [6, 6.07) is 5.43. The first-order valence-corrected chi connectivity index (χ1v) is 2.06. The van der Waals surface area contributed by atoms with Gasteiger partial charge in [-0.05, 0) is 12.1 Å².